The Bertz CT molecular complexity index is 560. The van der Waals surface area contributed by atoms with E-state index in [-0.39, 0.29) is 5.91 Å². The number of nitrogens with one attached hydrogen (secondary N) is 1. The predicted molar refractivity (Wildman–Crippen MR) is 72.7 cm³/mol. The van der Waals surface area contributed by atoms with E-state index in [0.29, 0.717) is 17.9 Å². The zero-order valence-corrected chi connectivity index (χ0v) is 10.6. The molecule has 0 aliphatic rings. The van der Waals surface area contributed by atoms with Crippen LogP contribution in [0.15, 0.2) is 48.8 Å². The average Bonchev–Trinajstić information content (AvgIpc) is 2.46. The number of carbonyl (C=O) groups is 1. The number of hydrogen-bond donors (Lipinski definition) is 3. The van der Waals surface area contributed by atoms with Crippen molar-refractivity contribution < 1.29 is 19.5 Å². The fraction of sp³-hybridized carbons (Fsp3) is 0.0769. The average molecular weight is 272 g/mol. The third-order valence-corrected chi connectivity index (χ3v) is 2.56. The quantitative estimate of drug-likeness (QED) is 0.683. The Morgan fingerprint density at radius 1 is 1.15 bits per heavy atom. The molecule has 0 fully saturated rings. The maximum absolute atomic E-state index is 11.8. The third kappa shape index (κ3) is 4.08. The van der Waals surface area contributed by atoms with Crippen molar-refractivity contribution in [3.8, 4) is 5.75 Å². The van der Waals surface area contributed by atoms with Gasteiger partial charge in [-0.1, -0.05) is 12.1 Å². The Kier molecular flexibility index (Phi) is 4.70. The fourth-order valence-corrected chi connectivity index (χ4v) is 1.60. The molecule has 20 heavy (non-hydrogen) atoms. The molecule has 2 aromatic rings. The van der Waals surface area contributed by atoms with Gasteiger partial charge < -0.3 is 20.0 Å². The first-order valence-corrected chi connectivity index (χ1v) is 5.95. The van der Waals surface area contributed by atoms with Crippen LogP contribution >= 0.6 is 0 Å². The number of hydrogen-bond acceptors (Lipinski definition) is 5. The molecule has 0 aliphatic heterocycles. The van der Waals surface area contributed by atoms with Crippen LogP contribution in [0.1, 0.15) is 15.9 Å². The number of nitrogens with zero attached hydrogens (tertiary/aromatic N) is 1. The van der Waals surface area contributed by atoms with Crippen LogP contribution in [-0.4, -0.2) is 28.3 Å². The number of carbonyl (C=O) groups excluding carboxylic acids is 1. The molecule has 0 spiro atoms. The lowest BCUT2D eigenvalue weighted by Gasteiger charge is -2.07. The van der Waals surface area contributed by atoms with Crippen molar-refractivity contribution in [3.63, 3.8) is 0 Å². The van der Waals surface area contributed by atoms with Crippen LogP contribution in [0.2, 0.25) is 0 Å². The van der Waals surface area contributed by atoms with Crippen LogP contribution in [0, 0.1) is 0 Å². The summed E-state index contributed by atoms with van der Waals surface area (Å²) in [7, 11) is -1.84. The van der Waals surface area contributed by atoms with Crippen LogP contribution in [0.25, 0.3) is 0 Å². The minimum absolute atomic E-state index is 0.182. The van der Waals surface area contributed by atoms with Crippen LogP contribution in [0.4, 0.5) is 0 Å². The zero-order chi connectivity index (χ0) is 14.4. The summed E-state index contributed by atoms with van der Waals surface area (Å²) in [5.41, 5.74) is 1.41. The van der Waals surface area contributed by atoms with Crippen LogP contribution in [0.3, 0.4) is 0 Å². The standard InChI is InChI=1S/C13H13BN2O4/c17-13(11-5-7-15-8-6-11)16-9-10-1-3-12(4-2-10)20-14(18)19/h1-8,18-19H,9H2,(H,16,17). The molecule has 1 aromatic heterocycles. The van der Waals surface area contributed by atoms with Crippen molar-refractivity contribution in [2.45, 2.75) is 6.54 Å². The van der Waals surface area contributed by atoms with E-state index in [2.05, 4.69) is 15.0 Å². The summed E-state index contributed by atoms with van der Waals surface area (Å²) >= 11 is 0. The smallest absolute Gasteiger partial charge is 0.512 e. The molecule has 0 saturated carbocycles. The number of pyridine rings is 1. The van der Waals surface area contributed by atoms with E-state index in [4.69, 9.17) is 10.0 Å². The monoisotopic (exact) mass is 272 g/mol. The first kappa shape index (κ1) is 14.0. The fourth-order valence-electron chi connectivity index (χ4n) is 1.60. The topological polar surface area (TPSA) is 91.7 Å². The first-order valence-electron chi connectivity index (χ1n) is 5.95. The second kappa shape index (κ2) is 6.69. The maximum atomic E-state index is 11.8. The second-order valence-corrected chi connectivity index (χ2v) is 4.01. The molecule has 0 radical (unpaired) electrons. The second-order valence-electron chi connectivity index (χ2n) is 4.01. The zero-order valence-electron chi connectivity index (χ0n) is 10.6. The lowest BCUT2D eigenvalue weighted by molar-refractivity contribution is 0.0951. The minimum Gasteiger partial charge on any atom is -0.512 e. The van der Waals surface area contributed by atoms with Gasteiger partial charge >= 0.3 is 7.32 Å². The van der Waals surface area contributed by atoms with Crippen molar-refractivity contribution >= 4 is 13.2 Å². The molecule has 0 aliphatic carbocycles. The van der Waals surface area contributed by atoms with E-state index in [1.54, 1.807) is 48.8 Å². The lowest BCUT2D eigenvalue weighted by Crippen LogP contribution is -2.23. The number of aromatic nitrogens is 1. The Balaban J connectivity index is 1.89. The highest BCUT2D eigenvalue weighted by molar-refractivity contribution is 6.33. The summed E-state index contributed by atoms with van der Waals surface area (Å²) in [4.78, 5) is 15.6. The van der Waals surface area contributed by atoms with Crippen molar-refractivity contribution in [1.29, 1.82) is 0 Å². The van der Waals surface area contributed by atoms with Gasteiger partial charge in [0.25, 0.3) is 5.91 Å². The molecule has 7 heteroatoms. The van der Waals surface area contributed by atoms with Gasteiger partial charge in [0.2, 0.25) is 0 Å². The molecule has 6 nitrogen and oxygen atoms in total. The molecule has 0 saturated heterocycles. The number of amides is 1. The van der Waals surface area contributed by atoms with Crippen molar-refractivity contribution in [2.75, 3.05) is 0 Å². The van der Waals surface area contributed by atoms with Gasteiger partial charge in [-0.25, -0.2) is 0 Å². The number of rotatable bonds is 5. The van der Waals surface area contributed by atoms with Gasteiger partial charge in [0.05, 0.1) is 0 Å². The van der Waals surface area contributed by atoms with Gasteiger partial charge in [-0.3, -0.25) is 9.78 Å². The minimum atomic E-state index is -1.84. The summed E-state index contributed by atoms with van der Waals surface area (Å²) in [5.74, 6) is 0.155. The highest BCUT2D eigenvalue weighted by atomic mass is 16.6. The third-order valence-electron chi connectivity index (χ3n) is 2.56. The highest BCUT2D eigenvalue weighted by Gasteiger charge is 2.10. The molecule has 0 atom stereocenters. The molecule has 0 bridgehead atoms. The van der Waals surface area contributed by atoms with Gasteiger partial charge in [0, 0.05) is 24.5 Å². The van der Waals surface area contributed by atoms with E-state index in [9.17, 15) is 4.79 Å². The van der Waals surface area contributed by atoms with E-state index >= 15 is 0 Å². The Morgan fingerprint density at radius 3 is 2.40 bits per heavy atom. The Labute approximate surface area is 116 Å². The van der Waals surface area contributed by atoms with Crippen molar-refractivity contribution in [1.82, 2.24) is 10.3 Å². The van der Waals surface area contributed by atoms with Gasteiger partial charge in [0.1, 0.15) is 5.75 Å². The number of benzene rings is 1. The molecule has 1 amide bonds. The molecular weight excluding hydrogens is 259 g/mol. The molecular formula is C13H13BN2O4. The molecule has 102 valence electrons. The van der Waals surface area contributed by atoms with Crippen LogP contribution in [-0.2, 0) is 6.54 Å². The van der Waals surface area contributed by atoms with Crippen LogP contribution in [0.5, 0.6) is 5.75 Å². The van der Waals surface area contributed by atoms with E-state index in [0.717, 1.165) is 5.56 Å². The largest absolute Gasteiger partial charge is 0.707 e. The molecule has 3 N–H and O–H groups in total. The first-order chi connectivity index (χ1) is 9.65. The molecule has 1 aromatic carbocycles. The SMILES string of the molecule is O=C(NCc1ccc(OB(O)O)cc1)c1ccncc1. The van der Waals surface area contributed by atoms with Crippen molar-refractivity contribution in [2.24, 2.45) is 0 Å². The molecule has 1 heterocycles. The predicted octanol–water partition coefficient (Wildman–Crippen LogP) is 0.360. The summed E-state index contributed by atoms with van der Waals surface area (Å²) < 4.78 is 4.68. The van der Waals surface area contributed by atoms with E-state index in [1.807, 2.05) is 0 Å². The highest BCUT2D eigenvalue weighted by Crippen LogP contribution is 2.12. The van der Waals surface area contributed by atoms with Gasteiger partial charge in [-0.2, -0.15) is 0 Å². The summed E-state index contributed by atoms with van der Waals surface area (Å²) in [6.07, 6.45) is 3.11. The van der Waals surface area contributed by atoms with Gasteiger partial charge in [-0.05, 0) is 29.8 Å². The maximum Gasteiger partial charge on any atom is 0.707 e. The summed E-state index contributed by atoms with van der Waals surface area (Å²) in [6, 6.07) is 9.90. The van der Waals surface area contributed by atoms with E-state index < -0.39 is 7.32 Å². The normalized spacial score (nSPS) is 9.90. The van der Waals surface area contributed by atoms with Gasteiger partial charge in [0.15, 0.2) is 0 Å². The van der Waals surface area contributed by atoms with Gasteiger partial charge in [-0.15, -0.1) is 0 Å². The Hall–Kier alpha value is -2.38. The Morgan fingerprint density at radius 2 is 1.80 bits per heavy atom. The summed E-state index contributed by atoms with van der Waals surface area (Å²) in [6.45, 7) is 0.364. The summed E-state index contributed by atoms with van der Waals surface area (Å²) in [5, 5.41) is 20.1. The van der Waals surface area contributed by atoms with Crippen LogP contribution < -0.4 is 9.97 Å². The van der Waals surface area contributed by atoms with E-state index in [1.165, 1.54) is 0 Å². The lowest BCUT2D eigenvalue weighted by atomic mass is 10.2. The molecule has 0 unspecified atom stereocenters. The van der Waals surface area contributed by atoms with Crippen molar-refractivity contribution in [3.05, 3.63) is 59.9 Å². The molecule has 2 rings (SSSR count).